The van der Waals surface area contributed by atoms with Crippen LogP contribution in [0.5, 0.6) is 0 Å². The second-order valence-electron chi connectivity index (χ2n) is 3.78. The van der Waals surface area contributed by atoms with Crippen LogP contribution in [0.4, 0.5) is 4.39 Å². The van der Waals surface area contributed by atoms with Gasteiger partial charge in [0.1, 0.15) is 5.82 Å². The molecule has 0 saturated heterocycles. The van der Waals surface area contributed by atoms with E-state index in [-0.39, 0.29) is 11.9 Å². The normalized spacial score (nSPS) is 18.1. The topological polar surface area (TPSA) is 38.0 Å². The van der Waals surface area contributed by atoms with Crippen molar-refractivity contribution in [2.24, 2.45) is 5.73 Å². The third-order valence-electron chi connectivity index (χ3n) is 2.52. The van der Waals surface area contributed by atoms with Crippen molar-refractivity contribution in [3.63, 3.8) is 0 Å². The minimum Gasteiger partial charge on any atom is -0.329 e. The Balaban J connectivity index is 2.05. The molecule has 1 aromatic carbocycles. The summed E-state index contributed by atoms with van der Waals surface area (Å²) in [5.74, 6) is -0.198. The standard InChI is InChI=1S/C11H15FN2/c12-9-3-1-8(2-4-9)11(7-13)14-10-5-6-10/h1-4,10-11,14H,5-7,13H2. The second-order valence-corrected chi connectivity index (χ2v) is 3.78. The van der Waals surface area contributed by atoms with Crippen LogP contribution in [0.2, 0.25) is 0 Å². The molecule has 1 saturated carbocycles. The minimum absolute atomic E-state index is 0.170. The van der Waals surface area contributed by atoms with Crippen LogP contribution >= 0.6 is 0 Å². The first-order valence-corrected chi connectivity index (χ1v) is 5.01. The minimum atomic E-state index is -0.198. The molecule has 0 radical (unpaired) electrons. The first-order chi connectivity index (χ1) is 6.79. The van der Waals surface area contributed by atoms with Crippen LogP contribution < -0.4 is 11.1 Å². The van der Waals surface area contributed by atoms with E-state index in [0.717, 1.165) is 5.56 Å². The lowest BCUT2D eigenvalue weighted by Crippen LogP contribution is -2.29. The number of rotatable bonds is 4. The van der Waals surface area contributed by atoms with E-state index in [9.17, 15) is 4.39 Å². The van der Waals surface area contributed by atoms with Crippen LogP contribution in [-0.4, -0.2) is 12.6 Å². The summed E-state index contributed by atoms with van der Waals surface area (Å²) in [6, 6.07) is 7.33. The van der Waals surface area contributed by atoms with Crippen molar-refractivity contribution in [1.82, 2.24) is 5.32 Å². The van der Waals surface area contributed by atoms with Gasteiger partial charge >= 0.3 is 0 Å². The summed E-state index contributed by atoms with van der Waals surface area (Å²) < 4.78 is 12.7. The highest BCUT2D eigenvalue weighted by atomic mass is 19.1. The van der Waals surface area contributed by atoms with Gasteiger partial charge in [0.05, 0.1) is 0 Å². The third-order valence-corrected chi connectivity index (χ3v) is 2.52. The van der Waals surface area contributed by atoms with Gasteiger partial charge in [0.25, 0.3) is 0 Å². The molecule has 14 heavy (non-hydrogen) atoms. The maximum absolute atomic E-state index is 12.7. The summed E-state index contributed by atoms with van der Waals surface area (Å²) in [7, 11) is 0. The third kappa shape index (κ3) is 2.30. The van der Waals surface area contributed by atoms with Gasteiger partial charge in [0.15, 0.2) is 0 Å². The molecule has 76 valence electrons. The Hall–Kier alpha value is -0.930. The van der Waals surface area contributed by atoms with Crippen LogP contribution in [0.1, 0.15) is 24.4 Å². The zero-order chi connectivity index (χ0) is 9.97. The molecule has 1 fully saturated rings. The van der Waals surface area contributed by atoms with Crippen molar-refractivity contribution in [1.29, 1.82) is 0 Å². The van der Waals surface area contributed by atoms with Crippen molar-refractivity contribution in [3.8, 4) is 0 Å². The van der Waals surface area contributed by atoms with Gasteiger partial charge in [-0.2, -0.15) is 0 Å². The highest BCUT2D eigenvalue weighted by Gasteiger charge is 2.24. The smallest absolute Gasteiger partial charge is 0.123 e. The summed E-state index contributed by atoms with van der Waals surface area (Å²) in [6.07, 6.45) is 2.47. The van der Waals surface area contributed by atoms with E-state index >= 15 is 0 Å². The Labute approximate surface area is 83.3 Å². The van der Waals surface area contributed by atoms with Crippen LogP contribution in [-0.2, 0) is 0 Å². The summed E-state index contributed by atoms with van der Waals surface area (Å²) >= 11 is 0. The Morgan fingerprint density at radius 1 is 1.36 bits per heavy atom. The predicted molar refractivity (Wildman–Crippen MR) is 54.4 cm³/mol. The molecular formula is C11H15FN2. The maximum atomic E-state index is 12.7. The monoisotopic (exact) mass is 194 g/mol. The van der Waals surface area contributed by atoms with Gasteiger partial charge < -0.3 is 11.1 Å². The number of benzene rings is 1. The van der Waals surface area contributed by atoms with Gasteiger partial charge in [-0.3, -0.25) is 0 Å². The Morgan fingerprint density at radius 2 is 2.00 bits per heavy atom. The zero-order valence-electron chi connectivity index (χ0n) is 8.04. The lowest BCUT2D eigenvalue weighted by Gasteiger charge is -2.16. The zero-order valence-corrected chi connectivity index (χ0v) is 8.04. The summed E-state index contributed by atoms with van der Waals surface area (Å²) in [4.78, 5) is 0. The van der Waals surface area contributed by atoms with E-state index in [1.54, 1.807) is 12.1 Å². The van der Waals surface area contributed by atoms with Crippen molar-refractivity contribution < 1.29 is 4.39 Å². The lowest BCUT2D eigenvalue weighted by atomic mass is 10.1. The Bertz CT molecular complexity index is 293. The number of nitrogens with two attached hydrogens (primary N) is 1. The molecule has 1 unspecified atom stereocenters. The van der Waals surface area contributed by atoms with Gasteiger partial charge in [-0.05, 0) is 30.5 Å². The van der Waals surface area contributed by atoms with Crippen molar-refractivity contribution in [3.05, 3.63) is 35.6 Å². The largest absolute Gasteiger partial charge is 0.329 e. The SMILES string of the molecule is NCC(NC1CC1)c1ccc(F)cc1. The summed E-state index contributed by atoms with van der Waals surface area (Å²) in [5.41, 5.74) is 6.73. The fourth-order valence-electron chi connectivity index (χ4n) is 1.53. The fraction of sp³-hybridized carbons (Fsp3) is 0.455. The van der Waals surface area contributed by atoms with Crippen molar-refractivity contribution in [2.75, 3.05) is 6.54 Å². The highest BCUT2D eigenvalue weighted by Crippen LogP contribution is 2.23. The Morgan fingerprint density at radius 3 is 2.50 bits per heavy atom. The van der Waals surface area contributed by atoms with Gasteiger partial charge in [-0.1, -0.05) is 12.1 Å². The van der Waals surface area contributed by atoms with Crippen LogP contribution in [0, 0.1) is 5.82 Å². The molecule has 1 aliphatic carbocycles. The first-order valence-electron chi connectivity index (χ1n) is 5.01. The number of nitrogens with one attached hydrogen (secondary N) is 1. The number of hydrogen-bond acceptors (Lipinski definition) is 2. The van der Waals surface area contributed by atoms with E-state index in [1.807, 2.05) is 0 Å². The molecular weight excluding hydrogens is 179 g/mol. The van der Waals surface area contributed by atoms with Gasteiger partial charge in [-0.25, -0.2) is 4.39 Å². The molecule has 0 spiro atoms. The van der Waals surface area contributed by atoms with Gasteiger partial charge in [0, 0.05) is 18.6 Å². The molecule has 0 amide bonds. The molecule has 0 heterocycles. The maximum Gasteiger partial charge on any atom is 0.123 e. The van der Waals surface area contributed by atoms with E-state index < -0.39 is 0 Å². The quantitative estimate of drug-likeness (QED) is 0.763. The molecule has 1 aromatic rings. The Kier molecular flexibility index (Phi) is 2.79. The summed E-state index contributed by atoms with van der Waals surface area (Å²) in [5, 5.41) is 3.43. The van der Waals surface area contributed by atoms with Crippen LogP contribution in [0.15, 0.2) is 24.3 Å². The molecule has 3 N–H and O–H groups in total. The number of halogens is 1. The highest BCUT2D eigenvalue weighted by molar-refractivity contribution is 5.20. The van der Waals surface area contributed by atoms with Crippen LogP contribution in [0.25, 0.3) is 0 Å². The molecule has 0 bridgehead atoms. The average molecular weight is 194 g/mol. The molecule has 3 heteroatoms. The molecule has 2 rings (SSSR count). The van der Waals surface area contributed by atoms with Crippen molar-refractivity contribution in [2.45, 2.75) is 24.9 Å². The fourth-order valence-corrected chi connectivity index (χ4v) is 1.53. The molecule has 0 aliphatic heterocycles. The van der Waals surface area contributed by atoms with E-state index in [2.05, 4.69) is 5.32 Å². The van der Waals surface area contributed by atoms with E-state index in [4.69, 9.17) is 5.73 Å². The molecule has 0 aromatic heterocycles. The number of hydrogen-bond donors (Lipinski definition) is 2. The first kappa shape index (κ1) is 9.62. The summed E-state index contributed by atoms with van der Waals surface area (Å²) in [6.45, 7) is 0.558. The van der Waals surface area contributed by atoms with E-state index in [1.165, 1.54) is 25.0 Å². The lowest BCUT2D eigenvalue weighted by molar-refractivity contribution is 0.537. The van der Waals surface area contributed by atoms with Gasteiger partial charge in [0.2, 0.25) is 0 Å². The van der Waals surface area contributed by atoms with Gasteiger partial charge in [-0.15, -0.1) is 0 Å². The van der Waals surface area contributed by atoms with E-state index in [0.29, 0.717) is 12.6 Å². The predicted octanol–water partition coefficient (Wildman–Crippen LogP) is 1.58. The molecule has 1 atom stereocenters. The van der Waals surface area contributed by atoms with Crippen molar-refractivity contribution >= 4 is 0 Å². The van der Waals surface area contributed by atoms with Crippen LogP contribution in [0.3, 0.4) is 0 Å². The average Bonchev–Trinajstić information content (AvgIpc) is 3.00. The molecule has 1 aliphatic rings. The second kappa shape index (κ2) is 4.07. The molecule has 2 nitrogen and oxygen atoms in total.